The highest BCUT2D eigenvalue weighted by atomic mass is 16.4. The Labute approximate surface area is 245 Å². The molecule has 0 radical (unpaired) electrons. The number of allylic oxidation sites excluding steroid dienone is 1. The lowest BCUT2D eigenvalue weighted by Crippen LogP contribution is -2.70. The smallest absolute Gasteiger partial charge is 0.362 e. The summed E-state index contributed by atoms with van der Waals surface area (Å²) in [4.78, 5) is 36.5. The topological polar surface area (TPSA) is 115 Å². The van der Waals surface area contributed by atoms with Crippen molar-refractivity contribution in [3.05, 3.63) is 12.3 Å². The molecular weight excluding hydrogens is 506 g/mol. The Hall–Kier alpha value is -1.89. The van der Waals surface area contributed by atoms with Gasteiger partial charge < -0.3 is 20.1 Å². The van der Waals surface area contributed by atoms with Gasteiger partial charge in [-0.3, -0.25) is 4.48 Å². The molecule has 7 nitrogen and oxygen atoms in total. The minimum Gasteiger partial charge on any atom is -0.544 e. The van der Waals surface area contributed by atoms with Crippen LogP contribution in [0.1, 0.15) is 163 Å². The van der Waals surface area contributed by atoms with Gasteiger partial charge in [-0.15, -0.1) is 0 Å². The van der Waals surface area contributed by atoms with Gasteiger partial charge in [0.05, 0.1) is 12.2 Å². The van der Waals surface area contributed by atoms with Gasteiger partial charge in [0.2, 0.25) is 0 Å². The second-order valence-electron chi connectivity index (χ2n) is 11.5. The van der Waals surface area contributed by atoms with Crippen molar-refractivity contribution in [2.75, 3.05) is 0 Å². The van der Waals surface area contributed by atoms with Crippen LogP contribution in [0.4, 0.5) is 0 Å². The summed E-state index contributed by atoms with van der Waals surface area (Å²) in [6.45, 7) is 7.22. The zero-order valence-electron chi connectivity index (χ0n) is 26.2. The molecule has 0 aromatic rings. The zero-order valence-corrected chi connectivity index (χ0v) is 26.2. The highest BCUT2D eigenvalue weighted by molar-refractivity contribution is 5.77. The van der Waals surface area contributed by atoms with E-state index in [-0.39, 0.29) is 19.3 Å². The van der Waals surface area contributed by atoms with E-state index < -0.39 is 40.5 Å². The van der Waals surface area contributed by atoms with Crippen LogP contribution >= 0.6 is 0 Å². The number of rotatable bonds is 28. The van der Waals surface area contributed by atoms with Crippen LogP contribution in [-0.2, 0) is 14.4 Å². The van der Waals surface area contributed by atoms with E-state index >= 15 is 0 Å². The number of carboxylic acid groups (broad SMARTS) is 3. The van der Waals surface area contributed by atoms with E-state index in [9.17, 15) is 29.7 Å². The Morgan fingerprint density at radius 1 is 0.575 bits per heavy atom. The largest absolute Gasteiger partial charge is 0.544 e. The number of aliphatic carboxylic acids is 3. The van der Waals surface area contributed by atoms with Gasteiger partial charge in [0.1, 0.15) is 6.04 Å². The molecule has 0 aromatic carbocycles. The molecule has 7 heteroatoms. The van der Waals surface area contributed by atoms with Gasteiger partial charge >= 0.3 is 11.9 Å². The van der Waals surface area contributed by atoms with E-state index in [1.807, 2.05) is 0 Å². The number of nitrogens with zero attached hydrogens (tertiary/aromatic N) is 1. The Kier molecular flexibility index (Phi) is 22.7. The van der Waals surface area contributed by atoms with Crippen LogP contribution in [0, 0.1) is 0 Å². The van der Waals surface area contributed by atoms with E-state index in [4.69, 9.17) is 0 Å². The molecule has 0 spiro atoms. The third-order valence-corrected chi connectivity index (χ3v) is 8.46. The fourth-order valence-corrected chi connectivity index (χ4v) is 6.24. The standard InChI is InChI=1S/C33H61NO6/c1-5-9-10-11-12-13-14-15-16-17-18-19-20-21-22-23-24-25-26-27-34(28(6-2)31(35)36,29(7-3)32(37)38)30(8-4)33(39)40/h26-30H,5-25H2,1-4H3,(H2-,35,36,37,38,39,40)/b27-26+. The molecule has 0 amide bonds. The fourth-order valence-electron chi connectivity index (χ4n) is 6.24. The van der Waals surface area contributed by atoms with Gasteiger partial charge in [-0.05, 0) is 18.9 Å². The van der Waals surface area contributed by atoms with Gasteiger partial charge in [-0.2, -0.15) is 0 Å². The maximum absolute atomic E-state index is 12.2. The Balaban J connectivity index is 4.58. The predicted molar refractivity (Wildman–Crippen MR) is 161 cm³/mol. The summed E-state index contributed by atoms with van der Waals surface area (Å²) in [5.74, 6) is -3.79. The molecule has 40 heavy (non-hydrogen) atoms. The van der Waals surface area contributed by atoms with Gasteiger partial charge in [-0.1, -0.05) is 130 Å². The van der Waals surface area contributed by atoms with Crippen LogP contribution in [0.15, 0.2) is 12.3 Å². The average Bonchev–Trinajstić information content (AvgIpc) is 2.90. The zero-order chi connectivity index (χ0) is 30.2. The van der Waals surface area contributed by atoms with E-state index in [1.165, 1.54) is 89.9 Å². The van der Waals surface area contributed by atoms with Crippen molar-refractivity contribution < 1.29 is 34.2 Å². The molecule has 3 atom stereocenters. The molecular formula is C33H61NO6. The molecule has 0 aromatic heterocycles. The molecule has 0 heterocycles. The Morgan fingerprint density at radius 3 is 1.18 bits per heavy atom. The molecule has 3 unspecified atom stereocenters. The quantitative estimate of drug-likeness (QED) is 0.0742. The lowest BCUT2D eigenvalue weighted by Gasteiger charge is -2.48. The SMILES string of the molecule is CCCCCCCCCCCCCCCCCCC/C=C/[N+](C(CC)C(=O)[O-])(C(CC)C(=O)O)C(CC)C(=O)O. The highest BCUT2D eigenvalue weighted by Gasteiger charge is 2.53. The van der Waals surface area contributed by atoms with Crippen molar-refractivity contribution in [2.24, 2.45) is 0 Å². The van der Waals surface area contributed by atoms with Crippen molar-refractivity contribution in [3.63, 3.8) is 0 Å². The second kappa shape index (κ2) is 23.8. The van der Waals surface area contributed by atoms with E-state index in [2.05, 4.69) is 6.92 Å². The van der Waals surface area contributed by atoms with Crippen LogP contribution in [0.25, 0.3) is 0 Å². The van der Waals surface area contributed by atoms with Gasteiger partial charge in [0.25, 0.3) is 0 Å². The lowest BCUT2D eigenvalue weighted by molar-refractivity contribution is -0.929. The number of unbranched alkanes of at least 4 members (excludes halogenated alkanes) is 17. The summed E-state index contributed by atoms with van der Waals surface area (Å²) in [5, 5.41) is 32.0. The maximum Gasteiger partial charge on any atom is 0.362 e. The molecule has 0 rings (SSSR count). The summed E-state index contributed by atoms with van der Waals surface area (Å²) in [6.07, 6.45) is 26.3. The first-order valence-electron chi connectivity index (χ1n) is 16.5. The van der Waals surface area contributed by atoms with Crippen molar-refractivity contribution in [1.82, 2.24) is 0 Å². The summed E-state index contributed by atoms with van der Waals surface area (Å²) >= 11 is 0. The summed E-state index contributed by atoms with van der Waals surface area (Å²) in [7, 11) is 0. The summed E-state index contributed by atoms with van der Waals surface area (Å²) in [5.41, 5.74) is 0. The third kappa shape index (κ3) is 14.1. The summed E-state index contributed by atoms with van der Waals surface area (Å²) in [6, 6.07) is -3.62. The summed E-state index contributed by atoms with van der Waals surface area (Å²) < 4.78 is -0.643. The molecule has 0 fully saturated rings. The van der Waals surface area contributed by atoms with E-state index in [1.54, 1.807) is 33.0 Å². The average molecular weight is 568 g/mol. The molecule has 0 aliphatic heterocycles. The lowest BCUT2D eigenvalue weighted by atomic mass is 9.95. The van der Waals surface area contributed by atoms with Crippen LogP contribution in [0.2, 0.25) is 0 Å². The van der Waals surface area contributed by atoms with Gasteiger partial charge in [-0.25, -0.2) is 9.59 Å². The number of carboxylic acids is 3. The second-order valence-corrected chi connectivity index (χ2v) is 11.5. The molecule has 0 saturated heterocycles. The van der Waals surface area contributed by atoms with Crippen LogP contribution in [0.5, 0.6) is 0 Å². The van der Waals surface area contributed by atoms with Crippen molar-refractivity contribution in [3.8, 4) is 0 Å². The van der Waals surface area contributed by atoms with Crippen LogP contribution in [0.3, 0.4) is 0 Å². The minimum atomic E-state index is -1.41. The molecule has 0 saturated carbocycles. The predicted octanol–water partition coefficient (Wildman–Crippen LogP) is 7.61. The van der Waals surface area contributed by atoms with Crippen LogP contribution < -0.4 is 5.11 Å². The molecule has 0 aliphatic carbocycles. The molecule has 2 N–H and O–H groups in total. The van der Waals surface area contributed by atoms with Crippen LogP contribution in [-0.4, -0.2) is 50.7 Å². The normalized spacial score (nSPS) is 15.5. The number of hydrogen-bond donors (Lipinski definition) is 2. The number of carbonyl (C=O) groups excluding carboxylic acids is 1. The maximum atomic E-state index is 12.2. The highest BCUT2D eigenvalue weighted by Crippen LogP contribution is 2.32. The van der Waals surface area contributed by atoms with Gasteiger partial charge in [0.15, 0.2) is 12.1 Å². The first kappa shape index (κ1) is 38.1. The Bertz CT molecular complexity index is 652. The molecule has 234 valence electrons. The van der Waals surface area contributed by atoms with E-state index in [0.29, 0.717) is 6.42 Å². The van der Waals surface area contributed by atoms with Crippen molar-refractivity contribution in [1.29, 1.82) is 0 Å². The minimum absolute atomic E-state index is 0.0827. The van der Waals surface area contributed by atoms with Gasteiger partial charge in [0, 0.05) is 19.3 Å². The fraction of sp³-hybridized carbons (Fsp3) is 0.848. The molecule has 0 aliphatic rings. The first-order valence-corrected chi connectivity index (χ1v) is 16.5. The number of carbonyl (C=O) groups is 3. The third-order valence-electron chi connectivity index (χ3n) is 8.46. The first-order chi connectivity index (χ1) is 19.2. The molecule has 0 bridgehead atoms. The van der Waals surface area contributed by atoms with E-state index in [0.717, 1.165) is 19.3 Å². The van der Waals surface area contributed by atoms with Crippen molar-refractivity contribution in [2.45, 2.75) is 181 Å². The van der Waals surface area contributed by atoms with Crippen molar-refractivity contribution >= 4 is 17.9 Å². The number of quaternary nitrogens is 1. The Morgan fingerprint density at radius 2 is 0.900 bits per heavy atom. The number of hydrogen-bond acceptors (Lipinski definition) is 4. The monoisotopic (exact) mass is 567 g/mol.